The van der Waals surface area contributed by atoms with Crippen LogP contribution in [0, 0.1) is 5.92 Å². The molecule has 0 aromatic carbocycles. The molecule has 0 aliphatic heterocycles. The molecule has 0 radical (unpaired) electrons. The van der Waals surface area contributed by atoms with E-state index >= 15 is 0 Å². The Hall–Kier alpha value is -1.29. The largest absolute Gasteiger partial charge is 0.467 e. The van der Waals surface area contributed by atoms with Crippen LogP contribution >= 0.6 is 0 Å². The fraction of sp³-hybridized carbons (Fsp3) is 0.688. The maximum absolute atomic E-state index is 12.8. The van der Waals surface area contributed by atoms with E-state index in [2.05, 4.69) is 6.92 Å². The summed E-state index contributed by atoms with van der Waals surface area (Å²) in [5, 5.41) is 0. The second-order valence-electron chi connectivity index (χ2n) is 5.71. The second kappa shape index (κ2) is 7.48. The molecule has 2 N–H and O–H groups in total. The monoisotopic (exact) mass is 278 g/mol. The highest BCUT2D eigenvalue weighted by Crippen LogP contribution is 2.27. The summed E-state index contributed by atoms with van der Waals surface area (Å²) in [4.78, 5) is 14.8. The molecule has 1 aliphatic carbocycles. The van der Waals surface area contributed by atoms with E-state index in [1.807, 2.05) is 17.0 Å². The zero-order valence-electron chi connectivity index (χ0n) is 12.4. The Morgan fingerprint density at radius 2 is 2.25 bits per heavy atom. The zero-order chi connectivity index (χ0) is 14.4. The summed E-state index contributed by atoms with van der Waals surface area (Å²) in [7, 11) is 0. The Morgan fingerprint density at radius 1 is 1.50 bits per heavy atom. The zero-order valence-corrected chi connectivity index (χ0v) is 12.4. The van der Waals surface area contributed by atoms with Crippen molar-refractivity contribution in [2.75, 3.05) is 6.54 Å². The normalized spacial score (nSPS) is 17.3. The van der Waals surface area contributed by atoms with E-state index in [0.717, 1.165) is 31.4 Å². The first-order chi connectivity index (χ1) is 9.76. The second-order valence-corrected chi connectivity index (χ2v) is 5.71. The summed E-state index contributed by atoms with van der Waals surface area (Å²) in [5.41, 5.74) is 5.80. The van der Waals surface area contributed by atoms with Crippen molar-refractivity contribution < 1.29 is 9.21 Å². The maximum Gasteiger partial charge on any atom is 0.227 e. The molecule has 4 heteroatoms. The molecule has 1 aromatic rings. The molecule has 1 saturated carbocycles. The lowest BCUT2D eigenvalue weighted by Crippen LogP contribution is -2.43. The fourth-order valence-corrected chi connectivity index (χ4v) is 3.10. The van der Waals surface area contributed by atoms with E-state index in [1.165, 1.54) is 12.8 Å². The van der Waals surface area contributed by atoms with Crippen molar-refractivity contribution in [2.45, 2.75) is 58.0 Å². The molecule has 1 aromatic heterocycles. The molecule has 0 bridgehead atoms. The van der Waals surface area contributed by atoms with Crippen molar-refractivity contribution in [3.05, 3.63) is 24.2 Å². The van der Waals surface area contributed by atoms with Gasteiger partial charge in [-0.25, -0.2) is 0 Å². The Kier molecular flexibility index (Phi) is 5.65. The van der Waals surface area contributed by atoms with Gasteiger partial charge in [-0.15, -0.1) is 0 Å². The molecule has 1 heterocycles. The molecule has 1 unspecified atom stereocenters. The van der Waals surface area contributed by atoms with Gasteiger partial charge in [-0.1, -0.05) is 26.2 Å². The van der Waals surface area contributed by atoms with E-state index in [-0.39, 0.29) is 11.8 Å². The van der Waals surface area contributed by atoms with Gasteiger partial charge >= 0.3 is 0 Å². The number of nitrogens with zero attached hydrogens (tertiary/aromatic N) is 1. The highest BCUT2D eigenvalue weighted by atomic mass is 16.3. The van der Waals surface area contributed by atoms with Gasteiger partial charge in [0.25, 0.3) is 0 Å². The average Bonchev–Trinajstić information content (AvgIpc) is 3.13. The predicted molar refractivity (Wildman–Crippen MR) is 79.0 cm³/mol. The number of rotatable bonds is 7. The minimum Gasteiger partial charge on any atom is -0.467 e. The third kappa shape index (κ3) is 3.63. The highest BCUT2D eigenvalue weighted by Gasteiger charge is 2.30. The van der Waals surface area contributed by atoms with Gasteiger partial charge in [-0.05, 0) is 31.4 Å². The van der Waals surface area contributed by atoms with E-state index in [4.69, 9.17) is 10.2 Å². The highest BCUT2D eigenvalue weighted by molar-refractivity contribution is 5.79. The lowest BCUT2D eigenvalue weighted by molar-refractivity contribution is -0.138. The Morgan fingerprint density at radius 3 is 2.80 bits per heavy atom. The number of nitrogens with two attached hydrogens (primary N) is 1. The van der Waals surface area contributed by atoms with Crippen LogP contribution in [0.3, 0.4) is 0 Å². The fourth-order valence-electron chi connectivity index (χ4n) is 3.10. The van der Waals surface area contributed by atoms with Crippen LogP contribution in [0.25, 0.3) is 0 Å². The van der Waals surface area contributed by atoms with Crippen LogP contribution in [-0.2, 0) is 11.3 Å². The lowest BCUT2D eigenvalue weighted by atomic mass is 10.0. The molecule has 0 spiro atoms. The molecular weight excluding hydrogens is 252 g/mol. The molecule has 1 aliphatic rings. The predicted octanol–water partition coefficient (Wildman–Crippen LogP) is 2.93. The van der Waals surface area contributed by atoms with E-state index in [9.17, 15) is 4.79 Å². The van der Waals surface area contributed by atoms with E-state index in [1.54, 1.807) is 6.26 Å². The molecule has 1 fully saturated rings. The van der Waals surface area contributed by atoms with Crippen molar-refractivity contribution in [2.24, 2.45) is 11.7 Å². The van der Waals surface area contributed by atoms with E-state index in [0.29, 0.717) is 19.1 Å². The molecule has 0 saturated heterocycles. The minimum atomic E-state index is -0.0458. The summed E-state index contributed by atoms with van der Waals surface area (Å²) < 4.78 is 5.42. The number of carbonyl (C=O) groups excluding carboxylic acids is 1. The molecule has 20 heavy (non-hydrogen) atoms. The van der Waals surface area contributed by atoms with Crippen LogP contribution < -0.4 is 5.73 Å². The first-order valence-corrected chi connectivity index (χ1v) is 7.79. The van der Waals surface area contributed by atoms with Gasteiger partial charge in [-0.3, -0.25) is 4.79 Å². The van der Waals surface area contributed by atoms with Crippen LogP contribution in [0.2, 0.25) is 0 Å². The van der Waals surface area contributed by atoms with Crippen molar-refractivity contribution in [1.29, 1.82) is 0 Å². The van der Waals surface area contributed by atoms with Gasteiger partial charge in [0, 0.05) is 12.6 Å². The topological polar surface area (TPSA) is 59.5 Å². The molecular formula is C16H26N2O2. The van der Waals surface area contributed by atoms with Gasteiger partial charge in [0.2, 0.25) is 5.91 Å². The number of hydrogen-bond donors (Lipinski definition) is 1. The SMILES string of the molecule is CCCC(CN)C(=O)N(Cc1ccco1)C1CCCC1. The Bertz CT molecular complexity index is 397. The number of carbonyl (C=O) groups is 1. The molecule has 4 nitrogen and oxygen atoms in total. The molecule has 112 valence electrons. The van der Waals surface area contributed by atoms with Crippen LogP contribution in [0.1, 0.15) is 51.2 Å². The Balaban J connectivity index is 2.09. The average molecular weight is 278 g/mol. The van der Waals surface area contributed by atoms with Crippen LogP contribution in [0.15, 0.2) is 22.8 Å². The maximum atomic E-state index is 12.8. The summed E-state index contributed by atoms with van der Waals surface area (Å²) in [5.74, 6) is 1.02. The minimum absolute atomic E-state index is 0.0458. The van der Waals surface area contributed by atoms with Crippen molar-refractivity contribution in [1.82, 2.24) is 4.90 Å². The lowest BCUT2D eigenvalue weighted by Gasteiger charge is -2.31. The first kappa shape index (κ1) is 15.1. The third-order valence-corrected chi connectivity index (χ3v) is 4.23. The van der Waals surface area contributed by atoms with Crippen LogP contribution in [0.5, 0.6) is 0 Å². The van der Waals surface area contributed by atoms with Gasteiger partial charge in [0.1, 0.15) is 5.76 Å². The number of hydrogen-bond acceptors (Lipinski definition) is 3. The summed E-state index contributed by atoms with van der Waals surface area (Å²) in [6, 6.07) is 4.17. The van der Waals surface area contributed by atoms with Crippen molar-refractivity contribution >= 4 is 5.91 Å². The number of amides is 1. The summed E-state index contributed by atoms with van der Waals surface area (Å²) >= 11 is 0. The molecule has 1 amide bonds. The number of furan rings is 1. The molecule has 2 rings (SSSR count). The van der Waals surface area contributed by atoms with Gasteiger partial charge in [0.05, 0.1) is 18.7 Å². The first-order valence-electron chi connectivity index (χ1n) is 7.79. The van der Waals surface area contributed by atoms with Crippen molar-refractivity contribution in [3.63, 3.8) is 0 Å². The van der Waals surface area contributed by atoms with Crippen molar-refractivity contribution in [3.8, 4) is 0 Å². The summed E-state index contributed by atoms with van der Waals surface area (Å²) in [6.45, 7) is 3.12. The van der Waals surface area contributed by atoms with Crippen LogP contribution in [0.4, 0.5) is 0 Å². The third-order valence-electron chi connectivity index (χ3n) is 4.23. The summed E-state index contributed by atoms with van der Waals surface area (Å²) in [6.07, 6.45) is 8.18. The van der Waals surface area contributed by atoms with E-state index < -0.39 is 0 Å². The smallest absolute Gasteiger partial charge is 0.227 e. The molecule has 1 atom stereocenters. The quantitative estimate of drug-likeness (QED) is 0.834. The standard InChI is InChI=1S/C16H26N2O2/c1-2-6-13(11-17)16(19)18(14-7-3-4-8-14)12-15-9-5-10-20-15/h5,9-10,13-14H,2-4,6-8,11-12,17H2,1H3. The Labute approximate surface area is 121 Å². The van der Waals surface area contributed by atoms with Gasteiger partial charge < -0.3 is 15.1 Å². The van der Waals surface area contributed by atoms with Gasteiger partial charge in [-0.2, -0.15) is 0 Å². The van der Waals surface area contributed by atoms with Gasteiger partial charge in [0.15, 0.2) is 0 Å². The van der Waals surface area contributed by atoms with Crippen LogP contribution in [-0.4, -0.2) is 23.4 Å².